The van der Waals surface area contributed by atoms with Crippen molar-refractivity contribution in [2.45, 2.75) is 6.42 Å². The van der Waals surface area contributed by atoms with E-state index in [4.69, 9.17) is 33.9 Å². The van der Waals surface area contributed by atoms with Crippen LogP contribution >= 0.6 is 28.6 Å². The van der Waals surface area contributed by atoms with Gasteiger partial charge in [0.2, 0.25) is 0 Å². The zero-order valence-electron chi connectivity index (χ0n) is 6.17. The molecule has 0 unspecified atom stereocenters. The van der Waals surface area contributed by atoms with Crippen LogP contribution in [0.3, 0.4) is 0 Å². The molecular weight excluding hydrogens is 218 g/mol. The molecule has 0 N–H and O–H groups in total. The van der Waals surface area contributed by atoms with Gasteiger partial charge in [0.1, 0.15) is 0 Å². The van der Waals surface area contributed by atoms with Crippen LogP contribution in [-0.2, 0) is 9.09 Å². The van der Waals surface area contributed by atoms with E-state index in [0.717, 1.165) is 11.1 Å². The Morgan fingerprint density at radius 2 is 2.25 bits per heavy atom. The van der Waals surface area contributed by atoms with Crippen LogP contribution in [0.5, 0.6) is 0 Å². The molecule has 0 aliphatic heterocycles. The molecule has 2 radical (unpaired) electrons. The van der Waals surface area contributed by atoms with Gasteiger partial charge in [0, 0.05) is 0 Å². The van der Waals surface area contributed by atoms with Gasteiger partial charge in [0.15, 0.2) is 0 Å². The first-order valence-corrected chi connectivity index (χ1v) is 6.69. The van der Waals surface area contributed by atoms with Gasteiger partial charge in [-0.05, 0) is 41.4 Å². The second kappa shape index (κ2) is 3.97. The van der Waals surface area contributed by atoms with Gasteiger partial charge in [-0.3, -0.25) is 4.57 Å². The van der Waals surface area contributed by atoms with Crippen LogP contribution in [0.2, 0.25) is 0 Å². The third-order valence-corrected chi connectivity index (χ3v) is 2.38. The Morgan fingerprint density at radius 3 is 2.67 bits per heavy atom. The fourth-order valence-electron chi connectivity index (χ4n) is 0.862. The predicted octanol–water partition coefficient (Wildman–Crippen LogP) is 3.56. The molecule has 1 aliphatic rings. The van der Waals surface area contributed by atoms with E-state index in [9.17, 15) is 4.57 Å². The van der Waals surface area contributed by atoms with Crippen LogP contribution in [0.1, 0.15) is 6.42 Å². The summed E-state index contributed by atoms with van der Waals surface area (Å²) in [4.78, 5) is 0. The highest BCUT2D eigenvalue weighted by atomic mass is 35.9. The molecule has 66 valence electrons. The zero-order chi connectivity index (χ0) is 9.19. The van der Waals surface area contributed by atoms with Crippen LogP contribution < -0.4 is 0 Å². The molecule has 0 heterocycles. The van der Waals surface area contributed by atoms with E-state index in [1.54, 1.807) is 12.2 Å². The minimum absolute atomic E-state index is 0.168. The Hall–Kier alpha value is 0.250. The lowest BCUT2D eigenvalue weighted by molar-refractivity contribution is 0.365. The predicted molar refractivity (Wildman–Crippen MR) is 50.3 cm³/mol. The lowest BCUT2D eigenvalue weighted by atomic mass is 10.2. The summed E-state index contributed by atoms with van der Waals surface area (Å²) in [7, 11) is 0. The van der Waals surface area contributed by atoms with Crippen molar-refractivity contribution in [3.8, 4) is 0 Å². The van der Waals surface area contributed by atoms with Gasteiger partial charge in [-0.25, -0.2) is 0 Å². The lowest BCUT2D eigenvalue weighted by Gasteiger charge is -2.04. The van der Waals surface area contributed by atoms with Crippen molar-refractivity contribution < 1.29 is 9.09 Å². The van der Waals surface area contributed by atoms with Gasteiger partial charge >= 0.3 is 6.07 Å². The zero-order valence-corrected chi connectivity index (χ0v) is 8.57. The van der Waals surface area contributed by atoms with E-state index in [1.807, 2.05) is 0 Å². The third kappa shape index (κ3) is 3.77. The van der Waals surface area contributed by atoms with Gasteiger partial charge in [-0.1, -0.05) is 17.7 Å². The fourth-order valence-corrected chi connectivity index (χ4v) is 1.47. The Kier molecular flexibility index (Phi) is 3.42. The van der Waals surface area contributed by atoms with E-state index in [-0.39, 0.29) is 6.61 Å². The summed E-state index contributed by atoms with van der Waals surface area (Å²) in [5.74, 6) is 0. The van der Waals surface area contributed by atoms with E-state index in [0.29, 0.717) is 6.42 Å². The quantitative estimate of drug-likeness (QED) is 0.686. The number of rotatable bonds is 3. The second-order valence-electron chi connectivity index (χ2n) is 2.43. The summed E-state index contributed by atoms with van der Waals surface area (Å²) in [6.45, 7) is 5.65. The number of halogens is 2. The standard InChI is InChI=1S/C7H7Cl2O2P/c1-6-2-3-7(4-6)5-11-12(8,9)10/h1-3H,4-5H2. The molecule has 2 nitrogen and oxygen atoms in total. The minimum Gasteiger partial charge on any atom is -0.302 e. The summed E-state index contributed by atoms with van der Waals surface area (Å²) in [6, 6.07) is 0. The normalized spacial score (nSPS) is 17.6. The molecule has 0 saturated carbocycles. The van der Waals surface area contributed by atoms with Gasteiger partial charge in [0.25, 0.3) is 0 Å². The summed E-state index contributed by atoms with van der Waals surface area (Å²) >= 11 is 10.3. The largest absolute Gasteiger partial charge is 0.380 e. The van der Waals surface area contributed by atoms with Crippen LogP contribution in [-0.4, -0.2) is 6.61 Å². The van der Waals surface area contributed by atoms with Gasteiger partial charge in [0.05, 0.1) is 6.61 Å². The molecule has 5 heteroatoms. The Morgan fingerprint density at radius 1 is 1.58 bits per heavy atom. The van der Waals surface area contributed by atoms with Crippen LogP contribution in [0.25, 0.3) is 0 Å². The number of hydrogen-bond donors (Lipinski definition) is 0. The minimum atomic E-state index is -3.40. The fraction of sp³-hybridized carbons (Fsp3) is 0.286. The maximum absolute atomic E-state index is 10.7. The van der Waals surface area contributed by atoms with E-state index >= 15 is 0 Å². The molecule has 0 fully saturated rings. The van der Waals surface area contributed by atoms with Crippen molar-refractivity contribution in [2.75, 3.05) is 6.61 Å². The molecular formula is C7H7Cl2O2P. The molecule has 0 spiro atoms. The molecule has 0 amide bonds. The van der Waals surface area contributed by atoms with Gasteiger partial charge in [-0.15, -0.1) is 0 Å². The molecule has 1 rings (SSSR count). The summed E-state index contributed by atoms with van der Waals surface area (Å²) < 4.78 is 15.4. The maximum atomic E-state index is 10.7. The molecule has 0 aromatic heterocycles. The monoisotopic (exact) mass is 224 g/mol. The Balaban J connectivity index is 2.33. The molecule has 0 aromatic rings. The first-order valence-electron chi connectivity index (χ1n) is 3.25. The highest BCUT2D eigenvalue weighted by molar-refractivity contribution is 8.05. The Bertz CT molecular complexity index is 277. The van der Waals surface area contributed by atoms with Crippen molar-refractivity contribution >= 4 is 28.6 Å². The van der Waals surface area contributed by atoms with Gasteiger partial charge in [-0.2, -0.15) is 0 Å². The number of hydrogen-bond acceptors (Lipinski definition) is 2. The summed E-state index contributed by atoms with van der Waals surface area (Å²) in [5, 5.41) is 0. The van der Waals surface area contributed by atoms with Crippen molar-refractivity contribution in [3.05, 3.63) is 30.2 Å². The van der Waals surface area contributed by atoms with E-state index in [1.165, 1.54) is 0 Å². The maximum Gasteiger partial charge on any atom is 0.380 e. The lowest BCUT2D eigenvalue weighted by Crippen LogP contribution is -1.90. The summed E-state index contributed by atoms with van der Waals surface area (Å²) in [5.41, 5.74) is 1.68. The van der Waals surface area contributed by atoms with Gasteiger partial charge < -0.3 is 4.52 Å². The molecule has 12 heavy (non-hydrogen) atoms. The smallest absolute Gasteiger partial charge is 0.302 e. The highest BCUT2D eigenvalue weighted by Gasteiger charge is 2.15. The van der Waals surface area contributed by atoms with Crippen LogP contribution in [0.15, 0.2) is 23.3 Å². The molecule has 1 aliphatic carbocycles. The van der Waals surface area contributed by atoms with Crippen LogP contribution in [0.4, 0.5) is 0 Å². The molecule has 0 aromatic carbocycles. The van der Waals surface area contributed by atoms with Crippen molar-refractivity contribution in [2.24, 2.45) is 0 Å². The molecule has 0 atom stereocenters. The van der Waals surface area contributed by atoms with E-state index < -0.39 is 6.07 Å². The second-order valence-corrected chi connectivity index (χ2v) is 6.71. The van der Waals surface area contributed by atoms with E-state index in [2.05, 4.69) is 0 Å². The molecule has 0 bridgehead atoms. The van der Waals surface area contributed by atoms with Crippen molar-refractivity contribution in [3.63, 3.8) is 0 Å². The number of allylic oxidation sites excluding steroid dienone is 3. The SMILES string of the molecule is [CH]C1=CC=C(COP(=O)(Cl)Cl)C1. The molecule has 0 saturated heterocycles. The van der Waals surface area contributed by atoms with Crippen molar-refractivity contribution in [1.29, 1.82) is 0 Å². The van der Waals surface area contributed by atoms with Crippen molar-refractivity contribution in [1.82, 2.24) is 0 Å². The average molecular weight is 225 g/mol. The highest BCUT2D eigenvalue weighted by Crippen LogP contribution is 2.57. The van der Waals surface area contributed by atoms with Crippen LogP contribution in [0, 0.1) is 6.92 Å². The topological polar surface area (TPSA) is 26.3 Å². The average Bonchev–Trinajstić information content (AvgIpc) is 2.30. The third-order valence-electron chi connectivity index (χ3n) is 1.36. The first-order chi connectivity index (χ1) is 5.47. The Labute approximate surface area is 81.2 Å². The summed E-state index contributed by atoms with van der Waals surface area (Å²) in [6.07, 6.45) is 0.809. The first kappa shape index (κ1) is 10.3.